The third kappa shape index (κ3) is 1.38. The van der Waals surface area contributed by atoms with Crippen LogP contribution in [0.3, 0.4) is 0 Å². The molecule has 0 aromatic carbocycles. The molecule has 0 saturated carbocycles. The van der Waals surface area contributed by atoms with Gasteiger partial charge >= 0.3 is 0 Å². The molecule has 0 aliphatic carbocycles. The molecule has 2 heteroatoms. The number of piperidine rings is 1. The van der Waals surface area contributed by atoms with Crippen molar-refractivity contribution < 1.29 is 0 Å². The van der Waals surface area contributed by atoms with Crippen molar-refractivity contribution >= 4 is 0 Å². The topological polar surface area (TPSA) is 6.48 Å². The quantitative estimate of drug-likeness (QED) is 0.536. The van der Waals surface area contributed by atoms with Gasteiger partial charge in [-0.05, 0) is 33.4 Å². The van der Waals surface area contributed by atoms with Gasteiger partial charge in [-0.15, -0.1) is 0 Å². The minimum absolute atomic E-state index is 0.505. The minimum atomic E-state index is 0.505. The lowest BCUT2D eigenvalue weighted by Gasteiger charge is -2.51. The Balaban J connectivity index is 2.07. The average molecular weight is 168 g/mol. The minimum Gasteiger partial charge on any atom is -0.303 e. The first-order valence-corrected chi connectivity index (χ1v) is 5.14. The molecule has 2 heterocycles. The molecule has 0 amide bonds. The van der Waals surface area contributed by atoms with Crippen LogP contribution >= 0.6 is 0 Å². The molecule has 0 unspecified atom stereocenters. The Morgan fingerprint density at radius 1 is 1.08 bits per heavy atom. The molecule has 0 bridgehead atoms. The lowest BCUT2D eigenvalue weighted by atomic mass is 9.86. The van der Waals surface area contributed by atoms with Crippen molar-refractivity contribution in [2.75, 3.05) is 33.2 Å². The summed E-state index contributed by atoms with van der Waals surface area (Å²) in [4.78, 5) is 5.16. The highest BCUT2D eigenvalue weighted by Gasteiger charge is 2.37. The zero-order valence-corrected chi connectivity index (χ0v) is 8.34. The van der Waals surface area contributed by atoms with E-state index in [9.17, 15) is 0 Å². The number of hydrogen-bond acceptors (Lipinski definition) is 2. The third-order valence-corrected chi connectivity index (χ3v) is 3.52. The maximum Gasteiger partial charge on any atom is 0.0308 e. The first-order valence-electron chi connectivity index (χ1n) is 5.14. The molecule has 2 saturated heterocycles. The third-order valence-electron chi connectivity index (χ3n) is 3.52. The fourth-order valence-electron chi connectivity index (χ4n) is 2.75. The van der Waals surface area contributed by atoms with Crippen molar-refractivity contribution in [2.24, 2.45) is 0 Å². The molecule has 0 aromatic heterocycles. The van der Waals surface area contributed by atoms with E-state index in [-0.39, 0.29) is 0 Å². The average Bonchev–Trinajstić information content (AvgIpc) is 2.02. The van der Waals surface area contributed by atoms with Crippen molar-refractivity contribution in [1.82, 2.24) is 9.80 Å². The van der Waals surface area contributed by atoms with E-state index in [4.69, 9.17) is 0 Å². The fourth-order valence-corrected chi connectivity index (χ4v) is 2.75. The van der Waals surface area contributed by atoms with E-state index < -0.39 is 0 Å². The summed E-state index contributed by atoms with van der Waals surface area (Å²) in [6.07, 6.45) is 4.25. The Kier molecular flexibility index (Phi) is 2.13. The Morgan fingerprint density at radius 2 is 1.92 bits per heavy atom. The molecule has 70 valence electrons. The molecule has 2 nitrogen and oxygen atoms in total. The number of piperazine rings is 1. The lowest BCUT2D eigenvalue weighted by Crippen LogP contribution is -2.61. The molecule has 0 spiro atoms. The van der Waals surface area contributed by atoms with E-state index in [1.165, 1.54) is 45.4 Å². The van der Waals surface area contributed by atoms with Crippen LogP contribution in [0.2, 0.25) is 0 Å². The van der Waals surface area contributed by atoms with Gasteiger partial charge in [0.2, 0.25) is 0 Å². The van der Waals surface area contributed by atoms with Gasteiger partial charge in [0, 0.05) is 25.2 Å². The Morgan fingerprint density at radius 3 is 2.75 bits per heavy atom. The molecule has 12 heavy (non-hydrogen) atoms. The monoisotopic (exact) mass is 168 g/mol. The van der Waals surface area contributed by atoms with Crippen molar-refractivity contribution in [1.29, 1.82) is 0 Å². The Hall–Kier alpha value is -0.0800. The molecular formula is C10H20N2. The van der Waals surface area contributed by atoms with Crippen molar-refractivity contribution in [3.63, 3.8) is 0 Å². The van der Waals surface area contributed by atoms with Crippen LogP contribution in [0, 0.1) is 0 Å². The van der Waals surface area contributed by atoms with Gasteiger partial charge in [-0.2, -0.15) is 0 Å². The maximum absolute atomic E-state index is 2.69. The molecule has 2 rings (SSSR count). The van der Waals surface area contributed by atoms with Gasteiger partial charge in [-0.3, -0.25) is 4.90 Å². The van der Waals surface area contributed by atoms with Gasteiger partial charge in [0.05, 0.1) is 0 Å². The van der Waals surface area contributed by atoms with Crippen LogP contribution in [-0.4, -0.2) is 48.6 Å². The van der Waals surface area contributed by atoms with E-state index in [1.54, 1.807) is 0 Å². The second-order valence-electron chi connectivity index (χ2n) is 4.68. The summed E-state index contributed by atoms with van der Waals surface area (Å²) >= 11 is 0. The predicted octanol–water partition coefficient (Wildman–Crippen LogP) is 1.18. The van der Waals surface area contributed by atoms with Gasteiger partial charge < -0.3 is 4.90 Å². The molecule has 2 aliphatic rings. The predicted molar refractivity (Wildman–Crippen MR) is 51.3 cm³/mol. The maximum atomic E-state index is 2.69. The first kappa shape index (κ1) is 8.52. The van der Waals surface area contributed by atoms with Crippen LogP contribution < -0.4 is 0 Å². The van der Waals surface area contributed by atoms with Crippen LogP contribution in [0.1, 0.15) is 26.2 Å². The summed E-state index contributed by atoms with van der Waals surface area (Å²) in [6, 6.07) is 0. The molecule has 2 aliphatic heterocycles. The lowest BCUT2D eigenvalue weighted by molar-refractivity contribution is -0.00814. The second-order valence-corrected chi connectivity index (χ2v) is 4.68. The number of hydrogen-bond donors (Lipinski definition) is 0. The first-order chi connectivity index (χ1) is 5.71. The molecular weight excluding hydrogens is 148 g/mol. The summed E-state index contributed by atoms with van der Waals surface area (Å²) in [6.45, 7) is 7.59. The summed E-state index contributed by atoms with van der Waals surface area (Å²) in [5, 5.41) is 0. The van der Waals surface area contributed by atoms with E-state index >= 15 is 0 Å². The smallest absolute Gasteiger partial charge is 0.0308 e. The van der Waals surface area contributed by atoms with Crippen LogP contribution in [-0.2, 0) is 0 Å². The van der Waals surface area contributed by atoms with E-state index in [0.29, 0.717) is 5.54 Å². The van der Waals surface area contributed by atoms with Crippen molar-refractivity contribution in [3.8, 4) is 0 Å². The summed E-state index contributed by atoms with van der Waals surface area (Å²) in [5.41, 5.74) is 0.505. The Labute approximate surface area is 75.5 Å². The van der Waals surface area contributed by atoms with Gasteiger partial charge in [-0.25, -0.2) is 0 Å². The van der Waals surface area contributed by atoms with Crippen LogP contribution in [0.15, 0.2) is 0 Å². The summed E-state index contributed by atoms with van der Waals surface area (Å²) < 4.78 is 0. The largest absolute Gasteiger partial charge is 0.303 e. The summed E-state index contributed by atoms with van der Waals surface area (Å²) in [5.74, 6) is 0. The fraction of sp³-hybridized carbons (Fsp3) is 1.00. The molecule has 0 aromatic rings. The molecule has 1 atom stereocenters. The second kappa shape index (κ2) is 3.00. The van der Waals surface area contributed by atoms with Gasteiger partial charge in [0.15, 0.2) is 0 Å². The normalized spacial score (nSPS) is 39.5. The highest BCUT2D eigenvalue weighted by molar-refractivity contribution is 4.95. The molecule has 0 radical (unpaired) electrons. The summed E-state index contributed by atoms with van der Waals surface area (Å²) in [7, 11) is 2.25. The van der Waals surface area contributed by atoms with Crippen LogP contribution in [0.5, 0.6) is 0 Å². The standard InChI is InChI=1S/C10H20N2/c1-10-5-3-4-6-12(10)8-7-11(2)9-10/h3-9H2,1-2H3/t10-/m0/s1. The van der Waals surface area contributed by atoms with Gasteiger partial charge in [0.1, 0.15) is 0 Å². The van der Waals surface area contributed by atoms with Crippen molar-refractivity contribution in [3.05, 3.63) is 0 Å². The number of rotatable bonds is 0. The highest BCUT2D eigenvalue weighted by atomic mass is 15.3. The zero-order chi connectivity index (χ0) is 8.60. The van der Waals surface area contributed by atoms with Crippen molar-refractivity contribution in [2.45, 2.75) is 31.7 Å². The number of nitrogens with zero attached hydrogens (tertiary/aromatic N) is 2. The van der Waals surface area contributed by atoms with Gasteiger partial charge in [0.25, 0.3) is 0 Å². The molecule has 0 N–H and O–H groups in total. The Bertz CT molecular complexity index is 169. The van der Waals surface area contributed by atoms with E-state index in [2.05, 4.69) is 23.8 Å². The van der Waals surface area contributed by atoms with Crippen LogP contribution in [0.4, 0.5) is 0 Å². The van der Waals surface area contributed by atoms with E-state index in [0.717, 1.165) is 0 Å². The SMILES string of the molecule is CN1CCN2CCCC[C@@]2(C)C1. The highest BCUT2D eigenvalue weighted by Crippen LogP contribution is 2.30. The van der Waals surface area contributed by atoms with Gasteiger partial charge in [-0.1, -0.05) is 6.42 Å². The number of likely N-dealkylation sites (N-methyl/N-ethyl adjacent to an activating group) is 1. The number of fused-ring (bicyclic) bond motifs is 1. The molecule has 2 fully saturated rings. The van der Waals surface area contributed by atoms with E-state index in [1.807, 2.05) is 0 Å². The zero-order valence-electron chi connectivity index (χ0n) is 8.34. The van der Waals surface area contributed by atoms with Crippen LogP contribution in [0.25, 0.3) is 0 Å².